The van der Waals surface area contributed by atoms with Gasteiger partial charge in [-0.1, -0.05) is 63.5 Å². The van der Waals surface area contributed by atoms with E-state index in [2.05, 4.69) is 35.7 Å². The van der Waals surface area contributed by atoms with Crippen molar-refractivity contribution in [2.75, 3.05) is 25.1 Å². The van der Waals surface area contributed by atoms with Gasteiger partial charge in [-0.3, -0.25) is 0 Å². The maximum absolute atomic E-state index is 12.8. The van der Waals surface area contributed by atoms with Crippen molar-refractivity contribution in [3.8, 4) is 0 Å². The van der Waals surface area contributed by atoms with Crippen LogP contribution in [0.25, 0.3) is 0 Å². The van der Waals surface area contributed by atoms with Crippen LogP contribution >= 0.6 is 12.2 Å². The molecular formula is C21H37LiN2O3SSi2. The van der Waals surface area contributed by atoms with E-state index in [1.165, 1.54) is 12.1 Å². The van der Waals surface area contributed by atoms with E-state index in [0.717, 1.165) is 18.9 Å². The molecule has 0 unspecified atom stereocenters. The van der Waals surface area contributed by atoms with Crippen LogP contribution < -0.4 is 29.3 Å². The zero-order chi connectivity index (χ0) is 22.1. The fraction of sp³-hybridized carbons (Fsp3) is 0.571. The zero-order valence-electron chi connectivity index (χ0n) is 20.0. The van der Waals surface area contributed by atoms with E-state index >= 15 is 0 Å². The number of ether oxygens (including phenoxy) is 2. The molecule has 1 fully saturated rings. The third kappa shape index (κ3) is 8.41. The average molecular weight is 461 g/mol. The van der Waals surface area contributed by atoms with Crippen LogP contribution in [-0.2, 0) is 9.47 Å². The Morgan fingerprint density at radius 3 is 1.90 bits per heavy atom. The summed E-state index contributed by atoms with van der Waals surface area (Å²) in [5.74, 6) is -0.297. The Hall–Kier alpha value is -0.759. The van der Waals surface area contributed by atoms with Crippen LogP contribution in [0.5, 0.6) is 0 Å². The van der Waals surface area contributed by atoms with E-state index in [0.29, 0.717) is 17.3 Å². The van der Waals surface area contributed by atoms with Gasteiger partial charge in [-0.25, -0.2) is 0 Å². The molecule has 1 aromatic carbocycles. The minimum Gasteiger partial charge on any atom is -0.612 e. The summed E-state index contributed by atoms with van der Waals surface area (Å²) >= 11 is 5.64. The van der Waals surface area contributed by atoms with Gasteiger partial charge in [0.1, 0.15) is 21.5 Å². The number of anilines is 1. The third-order valence-electron chi connectivity index (χ3n) is 4.91. The van der Waals surface area contributed by atoms with E-state index in [4.69, 9.17) is 21.7 Å². The molecule has 0 aliphatic carbocycles. The molecular weight excluding hydrogens is 423 g/mol. The molecule has 1 aromatic rings. The first kappa shape index (κ1) is 29.2. The molecule has 1 N–H and O–H groups in total. The number of para-hydroxylation sites is 1. The number of nitrogens with zero attached hydrogens (tertiary/aromatic N) is 1. The monoisotopic (exact) mass is 460 g/mol. The average Bonchev–Trinajstić information content (AvgIpc) is 2.87. The molecule has 1 heterocycles. The fourth-order valence-electron chi connectivity index (χ4n) is 3.66. The van der Waals surface area contributed by atoms with E-state index in [-0.39, 0.29) is 24.8 Å². The van der Waals surface area contributed by atoms with Gasteiger partial charge in [0, 0.05) is 18.9 Å². The van der Waals surface area contributed by atoms with Crippen molar-refractivity contribution < 1.29 is 33.4 Å². The first-order valence-corrected chi connectivity index (χ1v) is 17.1. The summed E-state index contributed by atoms with van der Waals surface area (Å²) in [6, 6.07) is 12.1. The number of benzene rings is 1. The van der Waals surface area contributed by atoms with Crippen molar-refractivity contribution in [2.24, 2.45) is 0 Å². The van der Waals surface area contributed by atoms with Gasteiger partial charge in [0.05, 0.1) is 11.6 Å². The van der Waals surface area contributed by atoms with Gasteiger partial charge in [-0.05, 0) is 44.7 Å². The molecule has 1 saturated heterocycles. The van der Waals surface area contributed by atoms with Crippen LogP contribution in [0.15, 0.2) is 42.0 Å². The molecule has 2 rings (SSSR count). The Bertz CT molecular complexity index is 670. The molecule has 0 radical (unpaired) electrons. The summed E-state index contributed by atoms with van der Waals surface area (Å²) in [5.41, 5.74) is 1.46. The first-order chi connectivity index (χ1) is 13.6. The SMILES string of the molecule is CCO/C([O-])=C(\C(=S)Nc1ccccc1)N1[Si](C)(C)CC[Si]1(C)C.CCOCC.[Li+]. The van der Waals surface area contributed by atoms with Crippen LogP contribution in [0, 0.1) is 0 Å². The summed E-state index contributed by atoms with van der Waals surface area (Å²) in [6.07, 6.45) is 0. The summed E-state index contributed by atoms with van der Waals surface area (Å²) in [7, 11) is -3.42. The molecule has 1 aliphatic rings. The predicted octanol–water partition coefficient (Wildman–Crippen LogP) is 1.76. The topological polar surface area (TPSA) is 56.8 Å². The van der Waals surface area contributed by atoms with Gasteiger partial charge in [0.25, 0.3) is 0 Å². The minimum absolute atomic E-state index is 0. The molecule has 164 valence electrons. The molecule has 30 heavy (non-hydrogen) atoms. The Morgan fingerprint density at radius 2 is 1.50 bits per heavy atom. The molecule has 0 amide bonds. The van der Waals surface area contributed by atoms with Crippen molar-refractivity contribution in [3.05, 3.63) is 42.0 Å². The van der Waals surface area contributed by atoms with Gasteiger partial charge < -0.3 is 24.1 Å². The smallest absolute Gasteiger partial charge is 0.612 e. The van der Waals surface area contributed by atoms with Gasteiger partial charge in [0.2, 0.25) is 0 Å². The maximum atomic E-state index is 12.8. The normalized spacial score (nSPS) is 17.1. The Morgan fingerprint density at radius 1 is 1.00 bits per heavy atom. The van der Waals surface area contributed by atoms with Crippen molar-refractivity contribution >= 4 is 39.4 Å². The number of thiocarbonyl (C=S) groups is 1. The van der Waals surface area contributed by atoms with E-state index in [9.17, 15) is 5.11 Å². The fourth-order valence-corrected chi connectivity index (χ4v) is 18.3. The molecule has 0 atom stereocenters. The Balaban J connectivity index is 0.00000125. The van der Waals surface area contributed by atoms with Crippen LogP contribution in [0.3, 0.4) is 0 Å². The number of hydrogen-bond donors (Lipinski definition) is 1. The van der Waals surface area contributed by atoms with Crippen molar-refractivity contribution in [1.82, 2.24) is 4.23 Å². The Kier molecular flexibility index (Phi) is 13.3. The predicted molar refractivity (Wildman–Crippen MR) is 130 cm³/mol. The molecule has 0 spiro atoms. The summed E-state index contributed by atoms with van der Waals surface area (Å²) < 4.78 is 12.6. The number of nitrogens with one attached hydrogen (secondary N) is 1. The van der Waals surface area contributed by atoms with Gasteiger partial charge in [-0.2, -0.15) is 0 Å². The second-order valence-electron chi connectivity index (χ2n) is 8.13. The number of hydrogen-bond acceptors (Lipinski definition) is 5. The zero-order valence-corrected chi connectivity index (χ0v) is 22.8. The van der Waals surface area contributed by atoms with Crippen LogP contribution in [-0.4, -0.2) is 45.5 Å². The van der Waals surface area contributed by atoms with Crippen molar-refractivity contribution in [2.45, 2.75) is 59.0 Å². The standard InChI is InChI=1S/C17H28N2O2SSi2.C4H10O.Li/c1-6-21-17(20)15(16(22)18-14-10-8-7-9-11-14)19-23(2,3)12-13-24(19,4)5;1-3-5-4-2;/h7-11,20H,6,12-13H2,1-5H3,(H,18,22);3-4H2,1-2H3;/q;;+1/p-1/b17-15+;;. The van der Waals surface area contributed by atoms with E-state index in [1.807, 2.05) is 51.1 Å². The van der Waals surface area contributed by atoms with Crippen LogP contribution in [0.2, 0.25) is 38.3 Å². The maximum Gasteiger partial charge on any atom is 1.00 e. The second kappa shape index (κ2) is 13.6. The summed E-state index contributed by atoms with van der Waals surface area (Å²) in [5, 5.41) is 16.0. The minimum atomic E-state index is -1.71. The second-order valence-corrected chi connectivity index (χ2v) is 18.1. The van der Waals surface area contributed by atoms with Crippen molar-refractivity contribution in [3.63, 3.8) is 0 Å². The van der Waals surface area contributed by atoms with Crippen LogP contribution in [0.4, 0.5) is 5.69 Å². The quantitative estimate of drug-likeness (QED) is 0.290. The number of rotatable bonds is 7. The summed E-state index contributed by atoms with van der Waals surface area (Å²) in [4.78, 5) is 0.475. The first-order valence-electron chi connectivity index (χ1n) is 10.4. The molecule has 5 nitrogen and oxygen atoms in total. The largest absolute Gasteiger partial charge is 1.00 e. The molecule has 0 aromatic heterocycles. The van der Waals surface area contributed by atoms with Crippen LogP contribution in [0.1, 0.15) is 20.8 Å². The van der Waals surface area contributed by atoms with Crippen molar-refractivity contribution in [1.29, 1.82) is 0 Å². The van der Waals surface area contributed by atoms with E-state index < -0.39 is 16.5 Å². The van der Waals surface area contributed by atoms with Gasteiger partial charge >= 0.3 is 18.9 Å². The Labute approximate surface area is 202 Å². The molecule has 1 aliphatic heterocycles. The third-order valence-corrected chi connectivity index (χ3v) is 15.1. The van der Waals surface area contributed by atoms with Gasteiger partial charge in [-0.15, -0.1) is 0 Å². The molecule has 0 saturated carbocycles. The molecule has 9 heteroatoms. The van der Waals surface area contributed by atoms with Gasteiger partial charge in [0.15, 0.2) is 0 Å². The summed E-state index contributed by atoms with van der Waals surface area (Å²) in [6.45, 7) is 17.1. The molecule has 0 bridgehead atoms. The van der Waals surface area contributed by atoms with E-state index in [1.54, 1.807) is 0 Å².